The van der Waals surface area contributed by atoms with Gasteiger partial charge in [0.05, 0.1) is 12.1 Å². The summed E-state index contributed by atoms with van der Waals surface area (Å²) in [5.41, 5.74) is 5.42. The van der Waals surface area contributed by atoms with Crippen molar-refractivity contribution in [3.05, 3.63) is 95.6 Å². The number of amides is 1. The first kappa shape index (κ1) is 25.6. The van der Waals surface area contributed by atoms with Gasteiger partial charge in [-0.15, -0.1) is 0 Å². The average Bonchev–Trinajstić information content (AvgIpc) is 3.92. The molecule has 4 aromatic rings. The monoisotopic (exact) mass is 544 g/mol. The van der Waals surface area contributed by atoms with E-state index >= 15 is 0 Å². The molecule has 2 aliphatic heterocycles. The smallest absolute Gasteiger partial charge is 0.288 e. The summed E-state index contributed by atoms with van der Waals surface area (Å²) >= 11 is 0. The normalized spacial score (nSPS) is 19.2. The van der Waals surface area contributed by atoms with Crippen LogP contribution in [0.3, 0.4) is 0 Å². The number of benzene rings is 3. The van der Waals surface area contributed by atoms with E-state index in [9.17, 15) is 9.59 Å². The fraction of sp³-hybridized carbons (Fsp3) is 0.324. The number of hydrogen-bond donors (Lipinski definition) is 1. The highest BCUT2D eigenvalue weighted by Gasteiger charge is 2.65. The number of rotatable bonds is 9. The molecule has 2 atom stereocenters. The van der Waals surface area contributed by atoms with E-state index in [-0.39, 0.29) is 30.8 Å². The van der Waals surface area contributed by atoms with Crippen LogP contribution in [0.2, 0.25) is 0 Å². The second kappa shape index (κ2) is 10.2. The Morgan fingerprint density at radius 3 is 2.63 bits per heavy atom. The van der Waals surface area contributed by atoms with Crippen molar-refractivity contribution in [2.75, 3.05) is 11.4 Å². The minimum absolute atomic E-state index is 0.0579. The van der Waals surface area contributed by atoms with Gasteiger partial charge in [0.25, 0.3) is 5.91 Å². The summed E-state index contributed by atoms with van der Waals surface area (Å²) in [5, 5.41) is 5.16. The van der Waals surface area contributed by atoms with Crippen LogP contribution in [-0.4, -0.2) is 34.0 Å². The summed E-state index contributed by atoms with van der Waals surface area (Å²) in [5.74, 6) is 5.35. The number of nitrogens with one attached hydrogen (secondary N) is 1. The number of ketones is 1. The third-order valence-electron chi connectivity index (χ3n) is 8.61. The zero-order chi connectivity index (χ0) is 28.0. The van der Waals surface area contributed by atoms with Crippen LogP contribution in [0.5, 0.6) is 0 Å². The number of nitrogens with zero attached hydrogens (tertiary/aromatic N) is 3. The first-order valence-corrected chi connectivity index (χ1v) is 14.4. The SMILES string of the molecule is Cn1ccnc1C#CCNC(=O)C(=O)CCCCc1ccccc1C1OC1N1c2cc3ccccc3cc2C12CC2. The number of anilines is 1. The molecule has 206 valence electrons. The summed E-state index contributed by atoms with van der Waals surface area (Å²) in [4.78, 5) is 31.1. The fourth-order valence-corrected chi connectivity index (χ4v) is 6.23. The summed E-state index contributed by atoms with van der Waals surface area (Å²) in [6.45, 7) is 0.117. The van der Waals surface area contributed by atoms with Crippen LogP contribution < -0.4 is 10.2 Å². The van der Waals surface area contributed by atoms with Gasteiger partial charge in [-0.25, -0.2) is 4.98 Å². The Balaban J connectivity index is 0.925. The number of aryl methyl sites for hydroxylation is 2. The summed E-state index contributed by atoms with van der Waals surface area (Å²) in [7, 11) is 1.85. The molecule has 7 nitrogen and oxygen atoms in total. The van der Waals surface area contributed by atoms with Crippen molar-refractivity contribution in [1.82, 2.24) is 14.9 Å². The highest BCUT2D eigenvalue weighted by molar-refractivity contribution is 6.36. The lowest BCUT2D eigenvalue weighted by Crippen LogP contribution is -2.47. The first-order chi connectivity index (χ1) is 20.0. The minimum Gasteiger partial charge on any atom is -0.343 e. The second-order valence-corrected chi connectivity index (χ2v) is 11.2. The molecule has 1 saturated heterocycles. The molecule has 41 heavy (non-hydrogen) atoms. The Morgan fingerprint density at radius 2 is 1.85 bits per heavy atom. The molecular formula is C34H32N4O3. The highest BCUT2D eigenvalue weighted by Crippen LogP contribution is 2.67. The van der Waals surface area contributed by atoms with Crippen molar-refractivity contribution >= 4 is 28.2 Å². The number of hydrogen-bond acceptors (Lipinski definition) is 5. The van der Waals surface area contributed by atoms with E-state index in [1.165, 1.54) is 46.0 Å². The van der Waals surface area contributed by atoms with Gasteiger partial charge in [0.2, 0.25) is 5.78 Å². The predicted molar refractivity (Wildman–Crippen MR) is 157 cm³/mol. The van der Waals surface area contributed by atoms with Crippen molar-refractivity contribution in [2.24, 2.45) is 7.05 Å². The van der Waals surface area contributed by atoms with Gasteiger partial charge < -0.3 is 19.5 Å². The van der Waals surface area contributed by atoms with Gasteiger partial charge in [0.15, 0.2) is 12.1 Å². The number of carbonyl (C=O) groups excluding carboxylic acids is 2. The third kappa shape index (κ3) is 4.68. The van der Waals surface area contributed by atoms with Crippen molar-refractivity contribution in [3.8, 4) is 11.8 Å². The van der Waals surface area contributed by atoms with E-state index in [1.54, 1.807) is 17.0 Å². The van der Waals surface area contributed by atoms with E-state index in [4.69, 9.17) is 4.74 Å². The topological polar surface area (TPSA) is 79.8 Å². The Kier molecular flexibility index (Phi) is 6.36. The number of fused-ring (bicyclic) bond motifs is 3. The highest BCUT2D eigenvalue weighted by atomic mass is 16.6. The molecule has 2 unspecified atom stereocenters. The van der Waals surface area contributed by atoms with E-state index in [0.29, 0.717) is 12.2 Å². The molecule has 3 aromatic carbocycles. The molecule has 7 rings (SSSR count). The maximum atomic E-state index is 12.3. The average molecular weight is 545 g/mol. The van der Waals surface area contributed by atoms with Crippen molar-refractivity contribution in [2.45, 2.75) is 56.4 Å². The molecule has 0 bridgehead atoms. The van der Waals surface area contributed by atoms with Crippen LogP contribution in [0.15, 0.2) is 73.1 Å². The molecule has 1 amide bonds. The van der Waals surface area contributed by atoms with E-state index in [0.717, 1.165) is 12.8 Å². The van der Waals surface area contributed by atoms with Crippen molar-refractivity contribution < 1.29 is 14.3 Å². The van der Waals surface area contributed by atoms with Gasteiger partial charge in [-0.2, -0.15) is 0 Å². The Labute approximate surface area is 239 Å². The molecule has 1 spiro atoms. The van der Waals surface area contributed by atoms with E-state index < -0.39 is 11.7 Å². The Bertz CT molecular complexity index is 1720. The number of ether oxygens (including phenoxy) is 1. The van der Waals surface area contributed by atoms with Crippen molar-refractivity contribution in [3.63, 3.8) is 0 Å². The lowest BCUT2D eigenvalue weighted by atomic mass is 9.87. The summed E-state index contributed by atoms with van der Waals surface area (Å²) in [6, 6.07) is 21.7. The quantitative estimate of drug-likeness (QED) is 0.140. The lowest BCUT2D eigenvalue weighted by molar-refractivity contribution is -0.137. The largest absolute Gasteiger partial charge is 0.343 e. The molecule has 2 fully saturated rings. The zero-order valence-corrected chi connectivity index (χ0v) is 23.1. The number of imidazole rings is 1. The lowest BCUT2D eigenvalue weighted by Gasteiger charge is -2.45. The van der Waals surface area contributed by atoms with Crippen LogP contribution in [0, 0.1) is 11.8 Å². The molecule has 1 aliphatic carbocycles. The van der Waals surface area contributed by atoms with Crippen LogP contribution in [-0.2, 0) is 33.3 Å². The van der Waals surface area contributed by atoms with Crippen LogP contribution in [0.1, 0.15) is 60.7 Å². The van der Waals surface area contributed by atoms with Gasteiger partial charge in [-0.3, -0.25) is 9.59 Å². The Hall–Kier alpha value is -4.41. The van der Waals surface area contributed by atoms with Crippen LogP contribution in [0.4, 0.5) is 5.69 Å². The number of carbonyl (C=O) groups is 2. The van der Waals surface area contributed by atoms with E-state index in [2.05, 4.69) is 87.7 Å². The molecule has 1 aromatic heterocycles. The molecule has 3 aliphatic rings. The molecule has 1 N–H and O–H groups in total. The Morgan fingerprint density at radius 1 is 1.07 bits per heavy atom. The standard InChI is InChI=1S/C34H32N4O3/c1-37-20-19-35-30(37)15-8-18-36-32(40)29(39)14-7-5-10-23-9-4-6-13-26(23)31-33(41-31)38-28-22-25-12-3-2-11-24(25)21-27(28)34(38)16-17-34/h2-4,6,9,11-13,19-22,31,33H,5,7,10,14,16-18H2,1H3,(H,36,40). The summed E-state index contributed by atoms with van der Waals surface area (Å²) in [6.07, 6.45) is 8.52. The number of unbranched alkanes of at least 4 members (excludes halogenated alkanes) is 1. The predicted octanol–water partition coefficient (Wildman–Crippen LogP) is 4.93. The third-order valence-corrected chi connectivity index (χ3v) is 8.61. The molecule has 3 heterocycles. The maximum Gasteiger partial charge on any atom is 0.288 e. The van der Waals surface area contributed by atoms with Crippen LogP contribution in [0.25, 0.3) is 10.8 Å². The van der Waals surface area contributed by atoms with Crippen LogP contribution >= 0.6 is 0 Å². The molecule has 0 radical (unpaired) electrons. The fourth-order valence-electron chi connectivity index (χ4n) is 6.23. The number of aromatic nitrogens is 2. The van der Waals surface area contributed by atoms with Gasteiger partial charge in [-0.05, 0) is 72.1 Å². The maximum absolute atomic E-state index is 12.3. The van der Waals surface area contributed by atoms with Gasteiger partial charge in [0, 0.05) is 37.1 Å². The molecule has 7 heteroatoms. The summed E-state index contributed by atoms with van der Waals surface area (Å²) < 4.78 is 8.14. The van der Waals surface area contributed by atoms with Gasteiger partial charge in [-0.1, -0.05) is 54.5 Å². The van der Waals surface area contributed by atoms with Gasteiger partial charge >= 0.3 is 0 Å². The zero-order valence-electron chi connectivity index (χ0n) is 23.1. The second-order valence-electron chi connectivity index (χ2n) is 11.2. The van der Waals surface area contributed by atoms with E-state index in [1.807, 2.05) is 7.05 Å². The first-order valence-electron chi connectivity index (χ1n) is 14.4. The number of epoxide rings is 1. The molecule has 1 saturated carbocycles. The minimum atomic E-state index is -0.578. The number of Topliss-reactive ketones (excluding diaryl/α,β-unsaturated/α-hetero) is 1. The van der Waals surface area contributed by atoms with Crippen molar-refractivity contribution in [1.29, 1.82) is 0 Å². The molecular weight excluding hydrogens is 512 g/mol. The van der Waals surface area contributed by atoms with Gasteiger partial charge in [0.1, 0.15) is 6.10 Å².